The van der Waals surface area contributed by atoms with Gasteiger partial charge in [-0.25, -0.2) is 0 Å². The van der Waals surface area contributed by atoms with Crippen LogP contribution in [0.4, 0.5) is 5.69 Å². The highest BCUT2D eigenvalue weighted by Crippen LogP contribution is 2.33. The Morgan fingerprint density at radius 3 is 2.59 bits per heavy atom. The van der Waals surface area contributed by atoms with E-state index < -0.39 is 0 Å². The lowest BCUT2D eigenvalue weighted by Crippen LogP contribution is -2.40. The van der Waals surface area contributed by atoms with E-state index in [0.717, 1.165) is 26.1 Å². The molecule has 0 spiro atoms. The van der Waals surface area contributed by atoms with E-state index in [0.29, 0.717) is 23.6 Å². The number of anilines is 1. The second-order valence-corrected chi connectivity index (χ2v) is 8.78. The average Bonchev–Trinajstić information content (AvgIpc) is 2.84. The van der Waals surface area contributed by atoms with E-state index >= 15 is 0 Å². The normalized spacial score (nSPS) is 17.4. The van der Waals surface area contributed by atoms with Crippen LogP contribution in [0.5, 0.6) is 11.5 Å². The van der Waals surface area contributed by atoms with Crippen LogP contribution in [0.1, 0.15) is 53.2 Å². The predicted octanol–water partition coefficient (Wildman–Crippen LogP) is 4.04. The molecule has 1 saturated heterocycles. The monoisotopic (exact) mass is 437 g/mol. The summed E-state index contributed by atoms with van der Waals surface area (Å²) in [4.78, 5) is 18.0. The van der Waals surface area contributed by atoms with Crippen molar-refractivity contribution in [2.24, 2.45) is 0 Å². The summed E-state index contributed by atoms with van der Waals surface area (Å²) in [6, 6.07) is 12.4. The van der Waals surface area contributed by atoms with Crippen molar-refractivity contribution in [2.75, 3.05) is 52.3 Å². The molecule has 1 amide bonds. The number of carbonyl (C=O) groups is 1. The van der Waals surface area contributed by atoms with Gasteiger partial charge in [0.05, 0.1) is 25.8 Å². The molecule has 0 bridgehead atoms. The summed E-state index contributed by atoms with van der Waals surface area (Å²) in [6.07, 6.45) is 6.01. The van der Waals surface area contributed by atoms with E-state index in [1.807, 2.05) is 6.07 Å². The molecule has 2 aliphatic rings. The molecule has 0 saturated carbocycles. The minimum absolute atomic E-state index is 0.138. The number of aryl methyl sites for hydroxylation is 1. The molecule has 0 unspecified atom stereocenters. The number of ether oxygens (including phenoxy) is 2. The summed E-state index contributed by atoms with van der Waals surface area (Å²) in [7, 11) is 5.32. The third-order valence-electron chi connectivity index (χ3n) is 6.77. The molecule has 0 radical (unpaired) electrons. The standard InChI is InChI=1S/C26H35N3O3/c1-28-14-8-9-19-17-20(12-13-22(19)28)23(29-15-5-4-6-16-29)18-27-26(30)21-10-7-11-24(31-2)25(21)32-3/h7,10-13,17,23H,4-6,8-9,14-16,18H2,1-3H3,(H,27,30)/t23-/m1/s1. The molecule has 1 atom stereocenters. The molecule has 32 heavy (non-hydrogen) atoms. The molecule has 0 aromatic heterocycles. The SMILES string of the molecule is COc1cccc(C(=O)NC[C@H](c2ccc3c(c2)CCCN3C)N2CCCCC2)c1OC. The summed E-state index contributed by atoms with van der Waals surface area (Å²) in [5.74, 6) is 0.894. The molecule has 0 aliphatic carbocycles. The topological polar surface area (TPSA) is 54.0 Å². The second-order valence-electron chi connectivity index (χ2n) is 8.78. The van der Waals surface area contributed by atoms with E-state index in [1.54, 1.807) is 26.4 Å². The van der Waals surface area contributed by atoms with Crippen molar-refractivity contribution in [2.45, 2.75) is 38.1 Å². The molecule has 1 fully saturated rings. The smallest absolute Gasteiger partial charge is 0.255 e. The lowest BCUT2D eigenvalue weighted by Gasteiger charge is -2.36. The van der Waals surface area contributed by atoms with Crippen molar-refractivity contribution in [3.63, 3.8) is 0 Å². The average molecular weight is 438 g/mol. The van der Waals surface area contributed by atoms with Crippen LogP contribution >= 0.6 is 0 Å². The molecule has 2 aliphatic heterocycles. The summed E-state index contributed by atoms with van der Waals surface area (Å²) >= 11 is 0. The zero-order chi connectivity index (χ0) is 22.5. The Bertz CT molecular complexity index is 940. The fraction of sp³-hybridized carbons (Fsp3) is 0.500. The van der Waals surface area contributed by atoms with Gasteiger partial charge >= 0.3 is 0 Å². The number of fused-ring (bicyclic) bond motifs is 1. The van der Waals surface area contributed by atoms with Crippen LogP contribution in [0.3, 0.4) is 0 Å². The van der Waals surface area contributed by atoms with Gasteiger partial charge < -0.3 is 19.7 Å². The van der Waals surface area contributed by atoms with Gasteiger partial charge in [0, 0.05) is 25.8 Å². The molecule has 2 heterocycles. The van der Waals surface area contributed by atoms with Gasteiger partial charge in [0.2, 0.25) is 0 Å². The van der Waals surface area contributed by atoms with Crippen molar-refractivity contribution in [1.82, 2.24) is 10.2 Å². The van der Waals surface area contributed by atoms with E-state index in [4.69, 9.17) is 9.47 Å². The Morgan fingerprint density at radius 1 is 1.03 bits per heavy atom. The minimum Gasteiger partial charge on any atom is -0.493 e. The number of piperidine rings is 1. The minimum atomic E-state index is -0.138. The van der Waals surface area contributed by atoms with Gasteiger partial charge in [-0.1, -0.05) is 24.6 Å². The van der Waals surface area contributed by atoms with Gasteiger partial charge in [-0.05, 0) is 68.1 Å². The van der Waals surface area contributed by atoms with Crippen LogP contribution < -0.4 is 19.7 Å². The summed E-state index contributed by atoms with van der Waals surface area (Å²) in [5.41, 5.74) is 4.54. The quantitative estimate of drug-likeness (QED) is 0.708. The Labute approximate surface area is 191 Å². The number of nitrogens with one attached hydrogen (secondary N) is 1. The number of carbonyl (C=O) groups excluding carboxylic acids is 1. The first-order valence-electron chi connectivity index (χ1n) is 11.7. The number of hydrogen-bond acceptors (Lipinski definition) is 5. The maximum absolute atomic E-state index is 13.1. The Kier molecular flexibility index (Phi) is 7.20. The Balaban J connectivity index is 1.57. The Hall–Kier alpha value is -2.73. The van der Waals surface area contributed by atoms with Crippen molar-refractivity contribution in [3.8, 4) is 11.5 Å². The maximum atomic E-state index is 13.1. The fourth-order valence-electron chi connectivity index (χ4n) is 5.05. The van der Waals surface area contributed by atoms with E-state index in [-0.39, 0.29) is 11.9 Å². The summed E-state index contributed by atoms with van der Waals surface area (Å²) < 4.78 is 10.8. The van der Waals surface area contributed by atoms with Gasteiger partial charge in [-0.3, -0.25) is 9.69 Å². The van der Waals surface area contributed by atoms with Crippen LogP contribution in [-0.4, -0.2) is 58.3 Å². The number of methoxy groups -OCH3 is 2. The number of likely N-dealkylation sites (tertiary alicyclic amines) is 1. The largest absolute Gasteiger partial charge is 0.493 e. The molecule has 4 rings (SSSR count). The predicted molar refractivity (Wildman–Crippen MR) is 128 cm³/mol. The van der Waals surface area contributed by atoms with Crippen LogP contribution in [0.2, 0.25) is 0 Å². The van der Waals surface area contributed by atoms with Crippen molar-refractivity contribution in [1.29, 1.82) is 0 Å². The molecular weight excluding hydrogens is 402 g/mol. The second kappa shape index (κ2) is 10.3. The molecule has 172 valence electrons. The molecule has 2 aromatic rings. The summed E-state index contributed by atoms with van der Waals surface area (Å²) in [5, 5.41) is 3.18. The highest BCUT2D eigenvalue weighted by atomic mass is 16.5. The number of para-hydroxylation sites is 1. The van der Waals surface area contributed by atoms with Crippen LogP contribution in [0.25, 0.3) is 0 Å². The van der Waals surface area contributed by atoms with Gasteiger partial charge in [-0.15, -0.1) is 0 Å². The zero-order valence-electron chi connectivity index (χ0n) is 19.5. The first-order valence-corrected chi connectivity index (χ1v) is 11.7. The highest BCUT2D eigenvalue weighted by molar-refractivity contribution is 5.97. The van der Waals surface area contributed by atoms with E-state index in [9.17, 15) is 4.79 Å². The lowest BCUT2D eigenvalue weighted by molar-refractivity contribution is 0.0921. The van der Waals surface area contributed by atoms with Gasteiger partial charge in [0.15, 0.2) is 11.5 Å². The molecule has 6 nitrogen and oxygen atoms in total. The summed E-state index contributed by atoms with van der Waals surface area (Å²) in [6.45, 7) is 3.81. The zero-order valence-corrected chi connectivity index (χ0v) is 19.5. The third-order valence-corrected chi connectivity index (χ3v) is 6.77. The molecule has 6 heteroatoms. The number of amides is 1. The number of rotatable bonds is 7. The number of hydrogen-bond donors (Lipinski definition) is 1. The fourth-order valence-corrected chi connectivity index (χ4v) is 5.05. The van der Waals surface area contributed by atoms with Gasteiger partial charge in [0.1, 0.15) is 0 Å². The van der Waals surface area contributed by atoms with Crippen LogP contribution in [0, 0.1) is 0 Å². The van der Waals surface area contributed by atoms with Crippen molar-refractivity contribution in [3.05, 3.63) is 53.1 Å². The van der Waals surface area contributed by atoms with Gasteiger partial charge in [0.25, 0.3) is 5.91 Å². The molecule has 1 N–H and O–H groups in total. The van der Waals surface area contributed by atoms with E-state index in [2.05, 4.69) is 40.4 Å². The first-order chi connectivity index (χ1) is 15.6. The van der Waals surface area contributed by atoms with Crippen LogP contribution in [0.15, 0.2) is 36.4 Å². The highest BCUT2D eigenvalue weighted by Gasteiger charge is 2.26. The lowest BCUT2D eigenvalue weighted by atomic mass is 9.95. The van der Waals surface area contributed by atoms with Crippen molar-refractivity contribution >= 4 is 11.6 Å². The van der Waals surface area contributed by atoms with Crippen LogP contribution in [-0.2, 0) is 6.42 Å². The maximum Gasteiger partial charge on any atom is 0.255 e. The van der Waals surface area contributed by atoms with E-state index in [1.165, 1.54) is 42.5 Å². The van der Waals surface area contributed by atoms with Gasteiger partial charge in [-0.2, -0.15) is 0 Å². The Morgan fingerprint density at radius 2 is 1.84 bits per heavy atom. The number of nitrogens with zero attached hydrogens (tertiary/aromatic N) is 2. The molecular formula is C26H35N3O3. The molecule has 2 aromatic carbocycles. The first kappa shape index (κ1) is 22.5. The van der Waals surface area contributed by atoms with Crippen molar-refractivity contribution < 1.29 is 14.3 Å². The number of benzene rings is 2. The third kappa shape index (κ3) is 4.70.